The number of rotatable bonds is 1. The largest absolute Gasteiger partial charge is 0.331 e. The van der Waals surface area contributed by atoms with Crippen LogP contribution in [0.2, 0.25) is 0 Å². The second kappa shape index (κ2) is 4.10. The van der Waals surface area contributed by atoms with Gasteiger partial charge in [-0.1, -0.05) is 15.9 Å². The van der Waals surface area contributed by atoms with Crippen LogP contribution >= 0.6 is 15.9 Å². The third-order valence-electron chi connectivity index (χ3n) is 2.73. The van der Waals surface area contributed by atoms with Gasteiger partial charge in [-0.15, -0.1) is 0 Å². The van der Waals surface area contributed by atoms with Crippen molar-refractivity contribution < 1.29 is 4.39 Å². The van der Waals surface area contributed by atoms with Gasteiger partial charge in [0.2, 0.25) is 0 Å². The van der Waals surface area contributed by atoms with Crippen molar-refractivity contribution in [1.82, 2.24) is 9.55 Å². The molecule has 3 nitrogen and oxygen atoms in total. The number of aromatic amines is 1. The van der Waals surface area contributed by atoms with Crippen molar-refractivity contribution in [3.63, 3.8) is 0 Å². The van der Waals surface area contributed by atoms with Gasteiger partial charge in [-0.2, -0.15) is 0 Å². The fourth-order valence-corrected chi connectivity index (χ4v) is 2.29. The predicted octanol–water partition coefficient (Wildman–Crippen LogP) is 3.22. The zero-order chi connectivity index (χ0) is 12.7. The Bertz CT molecular complexity index is 774. The van der Waals surface area contributed by atoms with Crippen LogP contribution in [0, 0.1) is 5.82 Å². The van der Waals surface area contributed by atoms with Crippen molar-refractivity contribution in [3.8, 4) is 5.69 Å². The highest BCUT2D eigenvalue weighted by Gasteiger charge is 2.08. The molecule has 0 aliphatic carbocycles. The molecule has 1 heterocycles. The molecule has 0 atom stereocenters. The number of imidazole rings is 1. The number of benzene rings is 2. The van der Waals surface area contributed by atoms with Crippen molar-refractivity contribution in [2.24, 2.45) is 0 Å². The molecule has 3 rings (SSSR count). The van der Waals surface area contributed by atoms with Crippen molar-refractivity contribution in [2.45, 2.75) is 0 Å². The molecule has 0 saturated carbocycles. The molecule has 2 aromatic carbocycles. The van der Waals surface area contributed by atoms with Crippen LogP contribution in [0.1, 0.15) is 0 Å². The maximum absolute atomic E-state index is 12.9. The normalized spacial score (nSPS) is 11.0. The van der Waals surface area contributed by atoms with Crippen molar-refractivity contribution in [3.05, 3.63) is 63.2 Å². The highest BCUT2D eigenvalue weighted by molar-refractivity contribution is 9.10. The quantitative estimate of drug-likeness (QED) is 0.736. The minimum absolute atomic E-state index is 0.241. The molecular weight excluding hydrogens is 299 g/mol. The molecule has 1 aromatic heterocycles. The van der Waals surface area contributed by atoms with E-state index < -0.39 is 0 Å². The third-order valence-corrected chi connectivity index (χ3v) is 3.22. The second-order valence-corrected chi connectivity index (χ2v) is 4.82. The van der Waals surface area contributed by atoms with Crippen LogP contribution < -0.4 is 5.69 Å². The molecule has 0 amide bonds. The number of hydrogen-bond donors (Lipinski definition) is 1. The molecule has 0 spiro atoms. The number of H-pyrrole nitrogens is 1. The van der Waals surface area contributed by atoms with E-state index in [1.54, 1.807) is 12.1 Å². The van der Waals surface area contributed by atoms with E-state index in [1.165, 1.54) is 16.7 Å². The molecule has 18 heavy (non-hydrogen) atoms. The average molecular weight is 307 g/mol. The summed E-state index contributed by atoms with van der Waals surface area (Å²) < 4.78 is 15.3. The minimum Gasteiger partial charge on any atom is -0.305 e. The highest BCUT2D eigenvalue weighted by Crippen LogP contribution is 2.19. The van der Waals surface area contributed by atoms with Gasteiger partial charge in [0.05, 0.1) is 16.7 Å². The van der Waals surface area contributed by atoms with Gasteiger partial charge in [0.1, 0.15) is 5.82 Å². The Balaban J connectivity index is 2.32. The average Bonchev–Trinajstić information content (AvgIpc) is 2.65. The molecule has 0 aliphatic heterocycles. The lowest BCUT2D eigenvalue weighted by Crippen LogP contribution is -2.14. The molecule has 0 unspecified atom stereocenters. The lowest BCUT2D eigenvalue weighted by Gasteiger charge is -2.02. The molecule has 5 heteroatoms. The van der Waals surface area contributed by atoms with Crippen LogP contribution in [0.15, 0.2) is 51.7 Å². The molecule has 0 radical (unpaired) electrons. The molecule has 0 aliphatic rings. The zero-order valence-corrected chi connectivity index (χ0v) is 10.7. The number of fused-ring (bicyclic) bond motifs is 1. The van der Waals surface area contributed by atoms with Gasteiger partial charge in [-0.25, -0.2) is 9.18 Å². The standard InChI is InChI=1S/C13H8BrFN2O/c14-8-1-6-12-11(7-8)16-13(18)17(12)10-4-2-9(15)3-5-10/h1-7H,(H,16,18). The van der Waals surface area contributed by atoms with E-state index >= 15 is 0 Å². The minimum atomic E-state index is -0.325. The van der Waals surface area contributed by atoms with Gasteiger partial charge in [0.25, 0.3) is 0 Å². The second-order valence-electron chi connectivity index (χ2n) is 3.90. The van der Waals surface area contributed by atoms with Crippen LogP contribution in [0.25, 0.3) is 16.7 Å². The maximum Gasteiger partial charge on any atom is 0.331 e. The Morgan fingerprint density at radius 2 is 1.83 bits per heavy atom. The van der Waals surface area contributed by atoms with Gasteiger partial charge >= 0.3 is 5.69 Å². The number of nitrogens with zero attached hydrogens (tertiary/aromatic N) is 1. The van der Waals surface area contributed by atoms with E-state index in [0.717, 1.165) is 15.5 Å². The Morgan fingerprint density at radius 1 is 1.11 bits per heavy atom. The summed E-state index contributed by atoms with van der Waals surface area (Å²) in [6, 6.07) is 11.3. The Hall–Kier alpha value is -1.88. The van der Waals surface area contributed by atoms with E-state index in [4.69, 9.17) is 0 Å². The fraction of sp³-hybridized carbons (Fsp3) is 0. The van der Waals surface area contributed by atoms with Crippen molar-refractivity contribution in [1.29, 1.82) is 0 Å². The summed E-state index contributed by atoms with van der Waals surface area (Å²) >= 11 is 3.35. The molecule has 0 saturated heterocycles. The smallest absolute Gasteiger partial charge is 0.305 e. The van der Waals surface area contributed by atoms with Gasteiger partial charge < -0.3 is 4.98 Å². The van der Waals surface area contributed by atoms with Gasteiger partial charge in [-0.3, -0.25) is 4.57 Å². The van der Waals surface area contributed by atoms with Crippen LogP contribution in [-0.4, -0.2) is 9.55 Å². The van der Waals surface area contributed by atoms with E-state index in [0.29, 0.717) is 5.69 Å². The van der Waals surface area contributed by atoms with Crippen LogP contribution in [0.5, 0.6) is 0 Å². The lowest BCUT2D eigenvalue weighted by molar-refractivity contribution is 0.627. The third kappa shape index (κ3) is 1.76. The molecule has 90 valence electrons. The molecule has 0 bridgehead atoms. The number of nitrogens with one attached hydrogen (secondary N) is 1. The summed E-state index contributed by atoms with van der Waals surface area (Å²) in [5.41, 5.74) is 1.89. The first kappa shape index (κ1) is 11.2. The number of halogens is 2. The summed E-state index contributed by atoms with van der Waals surface area (Å²) in [6.07, 6.45) is 0. The first-order valence-corrected chi connectivity index (χ1v) is 6.11. The van der Waals surface area contributed by atoms with Gasteiger partial charge in [-0.05, 0) is 42.5 Å². The summed E-state index contributed by atoms with van der Waals surface area (Å²) in [4.78, 5) is 14.7. The summed E-state index contributed by atoms with van der Waals surface area (Å²) in [5, 5.41) is 0. The predicted molar refractivity (Wildman–Crippen MR) is 71.6 cm³/mol. The van der Waals surface area contributed by atoms with Crippen molar-refractivity contribution >= 4 is 27.0 Å². The molecule has 0 fully saturated rings. The summed E-state index contributed by atoms with van der Waals surface area (Å²) in [7, 11) is 0. The molecule has 3 aromatic rings. The fourth-order valence-electron chi connectivity index (χ4n) is 1.93. The van der Waals surface area contributed by atoms with E-state index in [2.05, 4.69) is 20.9 Å². The topological polar surface area (TPSA) is 37.8 Å². The SMILES string of the molecule is O=c1[nH]c2cc(Br)ccc2n1-c1ccc(F)cc1. The first-order valence-electron chi connectivity index (χ1n) is 5.31. The van der Waals surface area contributed by atoms with Gasteiger partial charge in [0.15, 0.2) is 0 Å². The highest BCUT2D eigenvalue weighted by atomic mass is 79.9. The monoisotopic (exact) mass is 306 g/mol. The van der Waals surface area contributed by atoms with Crippen molar-refractivity contribution in [2.75, 3.05) is 0 Å². The summed E-state index contributed by atoms with van der Waals surface area (Å²) in [6.45, 7) is 0. The maximum atomic E-state index is 12.9. The van der Waals surface area contributed by atoms with E-state index in [1.807, 2.05) is 18.2 Å². The Morgan fingerprint density at radius 3 is 2.56 bits per heavy atom. The lowest BCUT2D eigenvalue weighted by atomic mass is 10.3. The molecule has 1 N–H and O–H groups in total. The van der Waals surface area contributed by atoms with Crippen LogP contribution in [0.3, 0.4) is 0 Å². The number of hydrogen-bond acceptors (Lipinski definition) is 1. The van der Waals surface area contributed by atoms with Crippen LogP contribution in [0.4, 0.5) is 4.39 Å². The molecular formula is C13H8BrFN2O. The van der Waals surface area contributed by atoms with Gasteiger partial charge in [0, 0.05) is 4.47 Å². The first-order chi connectivity index (χ1) is 8.65. The number of aromatic nitrogens is 2. The Labute approximate surface area is 110 Å². The van der Waals surface area contributed by atoms with E-state index in [-0.39, 0.29) is 11.5 Å². The zero-order valence-electron chi connectivity index (χ0n) is 9.15. The Kier molecular flexibility index (Phi) is 2.56. The van der Waals surface area contributed by atoms with Crippen LogP contribution in [-0.2, 0) is 0 Å². The summed E-state index contributed by atoms with van der Waals surface area (Å²) in [5.74, 6) is -0.325. The van der Waals surface area contributed by atoms with E-state index in [9.17, 15) is 9.18 Å².